The molecule has 0 spiro atoms. The number of sulfonamides is 1. The summed E-state index contributed by atoms with van der Waals surface area (Å²) in [5.41, 5.74) is 2.82. The summed E-state index contributed by atoms with van der Waals surface area (Å²) in [6.07, 6.45) is 0.858. The number of benzene rings is 3. The topological polar surface area (TPSA) is 84.5 Å². The molecule has 0 aliphatic carbocycles. The minimum Gasteiger partial charge on any atom is -0.495 e. The van der Waals surface area contributed by atoms with Crippen molar-refractivity contribution in [2.75, 3.05) is 17.1 Å². The van der Waals surface area contributed by atoms with Gasteiger partial charge in [-0.2, -0.15) is 0 Å². The molecule has 6 nitrogen and oxygen atoms in total. The molecule has 3 rings (SSSR count). The Bertz CT molecular complexity index is 1180. The van der Waals surface area contributed by atoms with E-state index in [1.807, 2.05) is 31.2 Å². The number of carbonyl (C=O) groups excluding carboxylic acids is 1. The van der Waals surface area contributed by atoms with Gasteiger partial charge in [0, 0.05) is 12.1 Å². The van der Waals surface area contributed by atoms with Gasteiger partial charge in [-0.25, -0.2) is 8.42 Å². The van der Waals surface area contributed by atoms with E-state index < -0.39 is 10.0 Å². The number of anilines is 2. The van der Waals surface area contributed by atoms with Crippen molar-refractivity contribution in [2.45, 2.75) is 24.7 Å². The summed E-state index contributed by atoms with van der Waals surface area (Å²) in [5.74, 6) is -0.0645. The van der Waals surface area contributed by atoms with Crippen LogP contribution >= 0.6 is 11.6 Å². The maximum Gasteiger partial charge on any atom is 0.265 e. The molecule has 0 aliphatic rings. The fourth-order valence-corrected chi connectivity index (χ4v) is 4.46. The third kappa shape index (κ3) is 5.99. The van der Waals surface area contributed by atoms with Gasteiger partial charge in [0.15, 0.2) is 0 Å². The largest absolute Gasteiger partial charge is 0.495 e. The van der Waals surface area contributed by atoms with Crippen molar-refractivity contribution in [2.24, 2.45) is 0 Å². The lowest BCUT2D eigenvalue weighted by atomic mass is 10.1. The molecule has 31 heavy (non-hydrogen) atoms. The first-order valence-corrected chi connectivity index (χ1v) is 11.5. The molecule has 162 valence electrons. The summed E-state index contributed by atoms with van der Waals surface area (Å²) in [6.45, 7) is 2.01. The maximum absolute atomic E-state index is 12.9. The van der Waals surface area contributed by atoms with E-state index >= 15 is 0 Å². The number of halogens is 1. The summed E-state index contributed by atoms with van der Waals surface area (Å²) < 4.78 is 33.6. The second kappa shape index (κ2) is 9.85. The molecular weight excluding hydrogens is 436 g/mol. The molecule has 1 amide bonds. The fraction of sp³-hybridized carbons (Fsp3) is 0.174. The van der Waals surface area contributed by atoms with Crippen LogP contribution < -0.4 is 14.8 Å². The van der Waals surface area contributed by atoms with Crippen LogP contribution in [0.4, 0.5) is 11.4 Å². The predicted molar refractivity (Wildman–Crippen MR) is 123 cm³/mol. The summed E-state index contributed by atoms with van der Waals surface area (Å²) >= 11 is 6.07. The number of nitrogens with one attached hydrogen (secondary N) is 2. The van der Waals surface area contributed by atoms with Gasteiger partial charge in [0.2, 0.25) is 5.91 Å². The zero-order chi connectivity index (χ0) is 22.4. The Hall–Kier alpha value is -3.03. The van der Waals surface area contributed by atoms with Gasteiger partial charge in [-0.1, -0.05) is 53.6 Å². The van der Waals surface area contributed by atoms with E-state index in [1.54, 1.807) is 30.3 Å². The number of rotatable bonds is 8. The van der Waals surface area contributed by atoms with E-state index in [1.165, 1.54) is 19.2 Å². The lowest BCUT2D eigenvalue weighted by Crippen LogP contribution is -2.16. The Morgan fingerprint density at radius 3 is 2.42 bits per heavy atom. The second-order valence-corrected chi connectivity index (χ2v) is 9.04. The average Bonchev–Trinajstić information content (AvgIpc) is 2.75. The molecule has 0 aromatic heterocycles. The van der Waals surface area contributed by atoms with Crippen LogP contribution in [0.2, 0.25) is 5.02 Å². The Morgan fingerprint density at radius 2 is 1.74 bits per heavy atom. The molecule has 0 saturated carbocycles. The average molecular weight is 459 g/mol. The zero-order valence-electron chi connectivity index (χ0n) is 17.2. The van der Waals surface area contributed by atoms with Crippen molar-refractivity contribution >= 4 is 38.9 Å². The lowest BCUT2D eigenvalue weighted by Gasteiger charge is -2.14. The van der Waals surface area contributed by atoms with E-state index in [9.17, 15) is 13.2 Å². The summed E-state index contributed by atoms with van der Waals surface area (Å²) in [5, 5.41) is 3.02. The monoisotopic (exact) mass is 458 g/mol. The Morgan fingerprint density at radius 1 is 1.03 bits per heavy atom. The summed E-state index contributed by atoms with van der Waals surface area (Å²) in [7, 11) is -2.63. The van der Waals surface area contributed by atoms with Crippen LogP contribution in [0.3, 0.4) is 0 Å². The summed E-state index contributed by atoms with van der Waals surface area (Å²) in [4.78, 5) is 12.3. The van der Waals surface area contributed by atoms with Crippen molar-refractivity contribution in [3.8, 4) is 5.75 Å². The lowest BCUT2D eigenvalue weighted by molar-refractivity contribution is -0.116. The minimum absolute atomic E-state index is 0.105. The molecule has 0 atom stereocenters. The standard InChI is InChI=1S/C23H23ClN2O4S/c1-16-7-9-17(10-8-16)11-14-23(27)25-18-12-13-21(30-2)22(15-18)31(28,29)26-20-6-4-3-5-19(20)24/h3-10,12-13,15,26H,11,14H2,1-2H3,(H,25,27). The smallest absolute Gasteiger partial charge is 0.265 e. The highest BCUT2D eigenvalue weighted by Gasteiger charge is 2.21. The molecule has 0 bridgehead atoms. The Kier molecular flexibility index (Phi) is 7.20. The number of hydrogen-bond donors (Lipinski definition) is 2. The molecule has 0 aliphatic heterocycles. The van der Waals surface area contributed by atoms with Gasteiger partial charge in [0.05, 0.1) is 17.8 Å². The number of methoxy groups -OCH3 is 1. The number of para-hydroxylation sites is 1. The van der Waals surface area contributed by atoms with E-state index in [0.717, 1.165) is 11.1 Å². The summed E-state index contributed by atoms with van der Waals surface area (Å²) in [6, 6.07) is 18.9. The van der Waals surface area contributed by atoms with Gasteiger partial charge in [-0.05, 0) is 49.2 Å². The van der Waals surface area contributed by atoms with Gasteiger partial charge in [-0.3, -0.25) is 9.52 Å². The first-order chi connectivity index (χ1) is 14.8. The molecule has 0 radical (unpaired) electrons. The molecule has 0 heterocycles. The van der Waals surface area contributed by atoms with Crippen LogP contribution in [-0.4, -0.2) is 21.4 Å². The van der Waals surface area contributed by atoms with Gasteiger partial charge < -0.3 is 10.1 Å². The minimum atomic E-state index is -4.01. The van der Waals surface area contributed by atoms with Crippen LogP contribution in [0.25, 0.3) is 0 Å². The van der Waals surface area contributed by atoms with Crippen LogP contribution in [0.5, 0.6) is 5.75 Å². The number of carbonyl (C=O) groups is 1. The number of hydrogen-bond acceptors (Lipinski definition) is 4. The molecule has 3 aromatic carbocycles. The van der Waals surface area contributed by atoms with Crippen molar-refractivity contribution in [1.82, 2.24) is 0 Å². The highest BCUT2D eigenvalue weighted by molar-refractivity contribution is 7.92. The van der Waals surface area contributed by atoms with Crippen LogP contribution in [0, 0.1) is 6.92 Å². The number of amides is 1. The molecule has 2 N–H and O–H groups in total. The fourth-order valence-electron chi connectivity index (χ4n) is 2.94. The second-order valence-electron chi connectivity index (χ2n) is 6.98. The van der Waals surface area contributed by atoms with Crippen molar-refractivity contribution in [3.05, 3.63) is 82.9 Å². The van der Waals surface area contributed by atoms with Crippen molar-refractivity contribution in [3.63, 3.8) is 0 Å². The quantitative estimate of drug-likeness (QED) is 0.495. The molecule has 8 heteroatoms. The number of ether oxygens (including phenoxy) is 1. The highest BCUT2D eigenvalue weighted by Crippen LogP contribution is 2.30. The third-order valence-electron chi connectivity index (χ3n) is 4.62. The van der Waals surface area contributed by atoms with E-state index in [0.29, 0.717) is 12.1 Å². The van der Waals surface area contributed by atoms with Gasteiger partial charge in [0.25, 0.3) is 10.0 Å². The van der Waals surface area contributed by atoms with Crippen LogP contribution in [0.1, 0.15) is 17.5 Å². The molecular formula is C23H23ClN2O4S. The van der Waals surface area contributed by atoms with E-state index in [-0.39, 0.29) is 33.7 Å². The van der Waals surface area contributed by atoms with Gasteiger partial charge in [-0.15, -0.1) is 0 Å². The molecule has 0 saturated heterocycles. The third-order valence-corrected chi connectivity index (χ3v) is 6.33. The maximum atomic E-state index is 12.9. The van der Waals surface area contributed by atoms with Crippen molar-refractivity contribution in [1.29, 1.82) is 0 Å². The molecule has 0 unspecified atom stereocenters. The van der Waals surface area contributed by atoms with Crippen LogP contribution in [0.15, 0.2) is 71.6 Å². The van der Waals surface area contributed by atoms with E-state index in [2.05, 4.69) is 10.0 Å². The van der Waals surface area contributed by atoms with Gasteiger partial charge >= 0.3 is 0 Å². The van der Waals surface area contributed by atoms with Crippen LogP contribution in [-0.2, 0) is 21.2 Å². The zero-order valence-corrected chi connectivity index (χ0v) is 18.8. The first kappa shape index (κ1) is 22.7. The van der Waals surface area contributed by atoms with Crippen molar-refractivity contribution < 1.29 is 17.9 Å². The predicted octanol–water partition coefficient (Wildman–Crippen LogP) is 5.03. The normalized spacial score (nSPS) is 11.1. The van der Waals surface area contributed by atoms with E-state index in [4.69, 9.17) is 16.3 Å². The molecule has 0 fully saturated rings. The first-order valence-electron chi connectivity index (χ1n) is 9.59. The SMILES string of the molecule is COc1ccc(NC(=O)CCc2ccc(C)cc2)cc1S(=O)(=O)Nc1ccccc1Cl. The highest BCUT2D eigenvalue weighted by atomic mass is 35.5. The number of aryl methyl sites for hydroxylation is 2. The van der Waals surface area contributed by atoms with Gasteiger partial charge in [0.1, 0.15) is 10.6 Å². The Labute approximate surface area is 187 Å². The Balaban J connectivity index is 1.75. The molecule has 3 aromatic rings.